The zero-order valence-corrected chi connectivity index (χ0v) is 12.0. The van der Waals surface area contributed by atoms with Crippen LogP contribution in [-0.2, 0) is 22.6 Å². The molecule has 0 aliphatic carbocycles. The Balaban J connectivity index is 2.30. The number of aliphatic carboxylic acids is 1. The van der Waals surface area contributed by atoms with E-state index in [9.17, 15) is 19.7 Å². The van der Waals surface area contributed by atoms with Crippen LogP contribution in [0.2, 0.25) is 0 Å². The van der Waals surface area contributed by atoms with Crippen LogP contribution in [0.5, 0.6) is 5.75 Å². The van der Waals surface area contributed by atoms with Crippen molar-refractivity contribution in [1.82, 2.24) is 0 Å². The van der Waals surface area contributed by atoms with E-state index in [0.717, 1.165) is 5.56 Å². The molecule has 0 radical (unpaired) electrons. The molecule has 0 fully saturated rings. The Kier molecular flexibility index (Phi) is 5.03. The third-order valence-electron chi connectivity index (χ3n) is 3.12. The van der Waals surface area contributed by atoms with E-state index < -0.39 is 23.1 Å². The SMILES string of the molecule is O=C(O)C(=O)Cc1c(OCc2ccccc2)cccc1[N+](=O)[O-]. The first-order valence-electron chi connectivity index (χ1n) is 6.68. The van der Waals surface area contributed by atoms with Crippen LogP contribution >= 0.6 is 0 Å². The molecule has 0 aliphatic heterocycles. The first-order valence-corrected chi connectivity index (χ1v) is 6.68. The number of nitrogens with zero attached hydrogens (tertiary/aromatic N) is 1. The molecule has 0 heterocycles. The van der Waals surface area contributed by atoms with Gasteiger partial charge in [-0.1, -0.05) is 36.4 Å². The van der Waals surface area contributed by atoms with Gasteiger partial charge in [0.1, 0.15) is 12.4 Å². The monoisotopic (exact) mass is 315 g/mol. The summed E-state index contributed by atoms with van der Waals surface area (Å²) in [6, 6.07) is 13.2. The molecule has 0 aromatic heterocycles. The number of carbonyl (C=O) groups excluding carboxylic acids is 1. The molecule has 0 amide bonds. The van der Waals surface area contributed by atoms with Gasteiger partial charge in [-0.15, -0.1) is 0 Å². The summed E-state index contributed by atoms with van der Waals surface area (Å²) >= 11 is 0. The molecule has 23 heavy (non-hydrogen) atoms. The minimum Gasteiger partial charge on any atom is -0.488 e. The maximum absolute atomic E-state index is 11.4. The van der Waals surface area contributed by atoms with Crippen molar-refractivity contribution in [2.24, 2.45) is 0 Å². The van der Waals surface area contributed by atoms with Gasteiger partial charge in [0.15, 0.2) is 0 Å². The van der Waals surface area contributed by atoms with Crippen molar-refractivity contribution in [1.29, 1.82) is 0 Å². The van der Waals surface area contributed by atoms with E-state index in [1.165, 1.54) is 18.2 Å². The number of benzene rings is 2. The topological polar surface area (TPSA) is 107 Å². The van der Waals surface area contributed by atoms with Crippen LogP contribution in [0.4, 0.5) is 5.69 Å². The summed E-state index contributed by atoms with van der Waals surface area (Å²) in [5.41, 5.74) is 0.459. The molecule has 7 heteroatoms. The second kappa shape index (κ2) is 7.17. The molecule has 2 aromatic carbocycles. The second-order valence-corrected chi connectivity index (χ2v) is 4.69. The largest absolute Gasteiger partial charge is 0.488 e. The number of carbonyl (C=O) groups is 2. The molecule has 0 atom stereocenters. The highest BCUT2D eigenvalue weighted by molar-refractivity contribution is 6.33. The number of hydrogen-bond donors (Lipinski definition) is 1. The van der Waals surface area contributed by atoms with Crippen molar-refractivity contribution in [3.8, 4) is 5.75 Å². The van der Waals surface area contributed by atoms with Crippen LogP contribution < -0.4 is 4.74 Å². The van der Waals surface area contributed by atoms with Gasteiger partial charge in [-0.05, 0) is 11.6 Å². The van der Waals surface area contributed by atoms with Gasteiger partial charge in [0.2, 0.25) is 5.78 Å². The van der Waals surface area contributed by atoms with Gasteiger partial charge in [-0.25, -0.2) is 4.79 Å². The van der Waals surface area contributed by atoms with Crippen molar-refractivity contribution in [2.45, 2.75) is 13.0 Å². The van der Waals surface area contributed by atoms with Crippen LogP contribution in [0.25, 0.3) is 0 Å². The predicted octanol–water partition coefficient (Wildman–Crippen LogP) is 2.37. The van der Waals surface area contributed by atoms with Crippen LogP contribution in [0.1, 0.15) is 11.1 Å². The minimum absolute atomic E-state index is 0.0409. The van der Waals surface area contributed by atoms with Crippen molar-refractivity contribution in [2.75, 3.05) is 0 Å². The van der Waals surface area contributed by atoms with E-state index in [-0.39, 0.29) is 23.6 Å². The van der Waals surface area contributed by atoms with Crippen molar-refractivity contribution in [3.05, 3.63) is 69.8 Å². The fourth-order valence-corrected chi connectivity index (χ4v) is 2.01. The fraction of sp³-hybridized carbons (Fsp3) is 0.125. The number of hydrogen-bond acceptors (Lipinski definition) is 5. The van der Waals surface area contributed by atoms with Gasteiger partial charge in [-0.3, -0.25) is 14.9 Å². The van der Waals surface area contributed by atoms with Crippen molar-refractivity contribution < 1.29 is 24.4 Å². The molecule has 2 aromatic rings. The molecule has 0 saturated heterocycles. The number of Topliss-reactive ketones (excluding diaryl/α,β-unsaturated/α-hetero) is 1. The smallest absolute Gasteiger partial charge is 0.372 e. The Morgan fingerprint density at radius 1 is 1.09 bits per heavy atom. The van der Waals surface area contributed by atoms with Crippen LogP contribution in [0, 0.1) is 10.1 Å². The molecule has 0 bridgehead atoms. The van der Waals surface area contributed by atoms with E-state index in [4.69, 9.17) is 9.84 Å². The van der Waals surface area contributed by atoms with E-state index in [1.54, 1.807) is 0 Å². The Hall–Kier alpha value is -3.22. The average molecular weight is 315 g/mol. The summed E-state index contributed by atoms with van der Waals surface area (Å²) in [4.78, 5) is 32.6. The molecule has 0 unspecified atom stereocenters. The maximum atomic E-state index is 11.4. The molecule has 0 saturated carbocycles. The third-order valence-corrected chi connectivity index (χ3v) is 3.12. The Bertz CT molecular complexity index is 741. The lowest BCUT2D eigenvalue weighted by atomic mass is 10.1. The number of rotatable bonds is 7. The van der Waals surface area contributed by atoms with E-state index in [1.807, 2.05) is 30.3 Å². The first-order chi connectivity index (χ1) is 11.0. The van der Waals surface area contributed by atoms with Gasteiger partial charge in [-0.2, -0.15) is 0 Å². The van der Waals surface area contributed by atoms with Crippen LogP contribution in [0.3, 0.4) is 0 Å². The number of carboxylic acid groups (broad SMARTS) is 1. The van der Waals surface area contributed by atoms with Crippen molar-refractivity contribution in [3.63, 3.8) is 0 Å². The quantitative estimate of drug-likeness (QED) is 0.477. The molecule has 0 aliphatic rings. The molecular formula is C16H13NO6. The summed E-state index contributed by atoms with van der Waals surface area (Å²) < 4.78 is 5.55. The Morgan fingerprint density at radius 3 is 2.39 bits per heavy atom. The first kappa shape index (κ1) is 16.2. The second-order valence-electron chi connectivity index (χ2n) is 4.69. The van der Waals surface area contributed by atoms with Crippen LogP contribution in [0.15, 0.2) is 48.5 Å². The number of ether oxygens (including phenoxy) is 1. The molecule has 118 valence electrons. The van der Waals surface area contributed by atoms with Crippen LogP contribution in [-0.4, -0.2) is 21.8 Å². The molecule has 7 nitrogen and oxygen atoms in total. The Morgan fingerprint density at radius 2 is 1.78 bits per heavy atom. The van der Waals surface area contributed by atoms with E-state index in [0.29, 0.717) is 0 Å². The number of nitro groups is 1. The predicted molar refractivity (Wildman–Crippen MR) is 80.2 cm³/mol. The summed E-state index contributed by atoms with van der Waals surface area (Å²) in [6.45, 7) is 0.149. The van der Waals surface area contributed by atoms with Gasteiger partial charge in [0.25, 0.3) is 5.69 Å². The highest BCUT2D eigenvalue weighted by Crippen LogP contribution is 2.29. The molecule has 0 spiro atoms. The lowest BCUT2D eigenvalue weighted by molar-refractivity contribution is -0.385. The van der Waals surface area contributed by atoms with Gasteiger partial charge in [0, 0.05) is 6.07 Å². The third kappa shape index (κ3) is 4.13. The summed E-state index contributed by atoms with van der Waals surface area (Å²) in [7, 11) is 0. The summed E-state index contributed by atoms with van der Waals surface area (Å²) in [5, 5.41) is 19.8. The lowest BCUT2D eigenvalue weighted by Crippen LogP contribution is -2.16. The summed E-state index contributed by atoms with van der Waals surface area (Å²) in [5.74, 6) is -2.65. The number of ketones is 1. The zero-order valence-electron chi connectivity index (χ0n) is 12.0. The highest BCUT2D eigenvalue weighted by Gasteiger charge is 2.24. The van der Waals surface area contributed by atoms with E-state index in [2.05, 4.69) is 0 Å². The lowest BCUT2D eigenvalue weighted by Gasteiger charge is -2.11. The van der Waals surface area contributed by atoms with Gasteiger partial charge in [0.05, 0.1) is 16.9 Å². The molecular weight excluding hydrogens is 302 g/mol. The zero-order chi connectivity index (χ0) is 16.8. The normalized spacial score (nSPS) is 10.1. The molecule has 1 N–H and O–H groups in total. The Labute approximate surface area is 131 Å². The standard InChI is InChI=1S/C16H13NO6/c18-14(16(19)20)9-12-13(17(21)22)7-4-8-15(12)23-10-11-5-2-1-3-6-11/h1-8H,9-10H2,(H,19,20). The van der Waals surface area contributed by atoms with Crippen molar-refractivity contribution >= 4 is 17.4 Å². The maximum Gasteiger partial charge on any atom is 0.372 e. The fourth-order valence-electron chi connectivity index (χ4n) is 2.01. The summed E-state index contributed by atoms with van der Waals surface area (Å²) in [6.07, 6.45) is -0.601. The minimum atomic E-state index is -1.64. The number of nitro benzene ring substituents is 1. The van der Waals surface area contributed by atoms with E-state index >= 15 is 0 Å². The van der Waals surface area contributed by atoms with Gasteiger partial charge < -0.3 is 9.84 Å². The average Bonchev–Trinajstić information content (AvgIpc) is 2.54. The number of carboxylic acids is 1. The van der Waals surface area contributed by atoms with Gasteiger partial charge >= 0.3 is 5.97 Å². The molecule has 2 rings (SSSR count). The highest BCUT2D eigenvalue weighted by atomic mass is 16.6.